The highest BCUT2D eigenvalue weighted by Crippen LogP contribution is 2.35. The van der Waals surface area contributed by atoms with E-state index in [1.807, 2.05) is 67.7 Å². The number of hydrogen-bond donors (Lipinski definition) is 1. The second kappa shape index (κ2) is 9.38. The maximum atomic E-state index is 13.8. The largest absolute Gasteiger partial charge is 0.493 e. The molecule has 5 rings (SSSR count). The first-order valence-electron chi connectivity index (χ1n) is 11.4. The third kappa shape index (κ3) is 4.00. The van der Waals surface area contributed by atoms with E-state index in [4.69, 9.17) is 9.47 Å². The molecule has 0 saturated carbocycles. The summed E-state index contributed by atoms with van der Waals surface area (Å²) in [6.45, 7) is 4.32. The Labute approximate surface area is 205 Å². The molecule has 0 spiro atoms. The van der Waals surface area contributed by atoms with Gasteiger partial charge >= 0.3 is 5.97 Å². The van der Waals surface area contributed by atoms with Gasteiger partial charge in [-0.1, -0.05) is 54.7 Å². The summed E-state index contributed by atoms with van der Waals surface area (Å²) in [6.07, 6.45) is 4.59. The van der Waals surface area contributed by atoms with Crippen LogP contribution in [0.1, 0.15) is 37.4 Å². The van der Waals surface area contributed by atoms with Gasteiger partial charge in [0.2, 0.25) is 0 Å². The number of carbonyl (C=O) groups is 1. The van der Waals surface area contributed by atoms with Gasteiger partial charge in [0.15, 0.2) is 4.80 Å². The first kappa shape index (κ1) is 22.9. The van der Waals surface area contributed by atoms with Gasteiger partial charge in [0.1, 0.15) is 11.8 Å². The highest BCUT2D eigenvalue weighted by atomic mass is 32.1. The molecule has 1 aliphatic rings. The minimum absolute atomic E-state index is 0.219. The molecule has 0 radical (unpaired) electrons. The molecular formula is C27H25N3O4S. The highest BCUT2D eigenvalue weighted by molar-refractivity contribution is 7.07. The monoisotopic (exact) mass is 487 g/mol. The van der Waals surface area contributed by atoms with Crippen molar-refractivity contribution in [3.63, 3.8) is 0 Å². The number of nitrogens with one attached hydrogen (secondary N) is 1. The number of methoxy groups -OCH3 is 1. The molecule has 2 aromatic carbocycles. The van der Waals surface area contributed by atoms with Crippen molar-refractivity contribution in [2.24, 2.45) is 4.99 Å². The quantitative estimate of drug-likeness (QED) is 0.421. The van der Waals surface area contributed by atoms with E-state index in [-0.39, 0.29) is 5.56 Å². The maximum absolute atomic E-state index is 13.8. The smallest absolute Gasteiger partial charge is 0.338 e. The molecule has 1 unspecified atom stereocenters. The summed E-state index contributed by atoms with van der Waals surface area (Å²) in [4.78, 5) is 35.1. The lowest BCUT2D eigenvalue weighted by molar-refractivity contribution is -0.136. The summed E-state index contributed by atoms with van der Waals surface area (Å²) in [5.74, 6) is 0.106. The van der Waals surface area contributed by atoms with Crippen LogP contribution in [-0.2, 0) is 9.53 Å². The zero-order chi connectivity index (χ0) is 24.5. The summed E-state index contributed by atoms with van der Waals surface area (Å²) in [5, 5.41) is 1.03. The van der Waals surface area contributed by atoms with Crippen molar-refractivity contribution in [3.05, 3.63) is 96.8 Å². The number of nitrogens with zero attached hydrogens (tertiary/aromatic N) is 2. The van der Waals surface area contributed by atoms with Gasteiger partial charge in [0.05, 0.1) is 29.5 Å². The highest BCUT2D eigenvalue weighted by Gasteiger charge is 2.34. The van der Waals surface area contributed by atoms with Gasteiger partial charge in [0, 0.05) is 28.2 Å². The molecule has 0 saturated heterocycles. The third-order valence-electron chi connectivity index (χ3n) is 6.01. The second-order valence-electron chi connectivity index (χ2n) is 8.25. The van der Waals surface area contributed by atoms with Crippen LogP contribution in [0.4, 0.5) is 0 Å². The van der Waals surface area contributed by atoms with Crippen LogP contribution in [0.15, 0.2) is 75.8 Å². The van der Waals surface area contributed by atoms with Crippen LogP contribution in [0.2, 0.25) is 0 Å². The number of aromatic nitrogens is 2. The lowest BCUT2D eigenvalue weighted by atomic mass is 9.95. The standard InChI is InChI=1S/C27H25N3O4S/c1-4-13-34-21-12-8-6-10-19(21)24-23(26(32)33-3)16(2)29-27-30(24)25(31)22(35-27)14-17-15-28-20-11-7-5-9-18(17)20/h5-12,14-15,24,28H,4,13H2,1-3H3. The van der Waals surface area contributed by atoms with E-state index >= 15 is 0 Å². The van der Waals surface area contributed by atoms with E-state index in [0.29, 0.717) is 33.0 Å². The van der Waals surface area contributed by atoms with E-state index in [1.54, 1.807) is 11.5 Å². The van der Waals surface area contributed by atoms with Crippen LogP contribution in [-0.4, -0.2) is 29.2 Å². The summed E-state index contributed by atoms with van der Waals surface area (Å²) in [6, 6.07) is 14.7. The van der Waals surface area contributed by atoms with E-state index in [0.717, 1.165) is 28.5 Å². The minimum Gasteiger partial charge on any atom is -0.493 e. The third-order valence-corrected chi connectivity index (χ3v) is 6.99. The van der Waals surface area contributed by atoms with Gasteiger partial charge in [-0.15, -0.1) is 0 Å². The Balaban J connectivity index is 1.75. The van der Waals surface area contributed by atoms with Crippen LogP contribution in [0.5, 0.6) is 5.75 Å². The van der Waals surface area contributed by atoms with E-state index in [9.17, 15) is 9.59 Å². The Morgan fingerprint density at radius 2 is 1.97 bits per heavy atom. The Hall–Kier alpha value is -3.91. The number of H-pyrrole nitrogens is 1. The number of rotatable bonds is 6. The predicted octanol–water partition coefficient (Wildman–Crippen LogP) is 3.68. The van der Waals surface area contributed by atoms with Crippen molar-refractivity contribution in [3.8, 4) is 5.75 Å². The van der Waals surface area contributed by atoms with Crippen molar-refractivity contribution in [2.45, 2.75) is 26.3 Å². The molecule has 8 heteroatoms. The van der Waals surface area contributed by atoms with Gasteiger partial charge in [0.25, 0.3) is 5.56 Å². The molecule has 4 aromatic rings. The van der Waals surface area contributed by atoms with Gasteiger partial charge in [-0.2, -0.15) is 0 Å². The minimum atomic E-state index is -0.711. The zero-order valence-electron chi connectivity index (χ0n) is 19.7. The SMILES string of the molecule is CCCOc1ccccc1C1C(C(=O)OC)=C(C)N=c2sc(=Cc3c[nH]c4ccccc34)c(=O)n21. The Bertz CT molecular complexity index is 1640. The van der Waals surface area contributed by atoms with E-state index in [2.05, 4.69) is 9.98 Å². The van der Waals surface area contributed by atoms with Crippen molar-refractivity contribution in [1.29, 1.82) is 0 Å². The fraction of sp³-hybridized carbons (Fsp3) is 0.222. The van der Waals surface area contributed by atoms with Gasteiger partial charge in [-0.05, 0) is 31.6 Å². The van der Waals surface area contributed by atoms with Gasteiger partial charge in [-0.25, -0.2) is 9.79 Å². The van der Waals surface area contributed by atoms with E-state index < -0.39 is 12.0 Å². The van der Waals surface area contributed by atoms with Crippen molar-refractivity contribution < 1.29 is 14.3 Å². The Kier molecular flexibility index (Phi) is 6.13. The van der Waals surface area contributed by atoms with Crippen LogP contribution < -0.4 is 19.6 Å². The second-order valence-corrected chi connectivity index (χ2v) is 9.26. The molecule has 1 atom stereocenters. The molecule has 0 fully saturated rings. The normalized spacial score (nSPS) is 15.7. The summed E-state index contributed by atoms with van der Waals surface area (Å²) >= 11 is 1.30. The first-order chi connectivity index (χ1) is 17.0. The number of allylic oxidation sites excluding steroid dienone is 1. The molecule has 178 valence electrons. The zero-order valence-corrected chi connectivity index (χ0v) is 20.5. The number of aromatic amines is 1. The molecule has 1 N–H and O–H groups in total. The number of benzene rings is 2. The summed E-state index contributed by atoms with van der Waals surface area (Å²) in [5.41, 5.74) is 3.25. The van der Waals surface area contributed by atoms with Crippen LogP contribution >= 0.6 is 11.3 Å². The summed E-state index contributed by atoms with van der Waals surface area (Å²) < 4.78 is 13.2. The lowest BCUT2D eigenvalue weighted by Gasteiger charge is -2.26. The number of ether oxygens (including phenoxy) is 2. The number of thiazole rings is 1. The van der Waals surface area contributed by atoms with Crippen LogP contribution in [0.3, 0.4) is 0 Å². The molecule has 7 nitrogen and oxygen atoms in total. The molecule has 0 aliphatic carbocycles. The maximum Gasteiger partial charge on any atom is 0.338 e. The summed E-state index contributed by atoms with van der Waals surface area (Å²) in [7, 11) is 1.33. The molecule has 35 heavy (non-hydrogen) atoms. The Morgan fingerprint density at radius 3 is 2.77 bits per heavy atom. The van der Waals surface area contributed by atoms with Crippen molar-refractivity contribution >= 4 is 34.3 Å². The number of carbonyl (C=O) groups excluding carboxylic acids is 1. The molecule has 3 heterocycles. The van der Waals surface area contributed by atoms with Gasteiger partial charge in [-0.3, -0.25) is 9.36 Å². The van der Waals surface area contributed by atoms with E-state index in [1.165, 1.54) is 18.4 Å². The Morgan fingerprint density at radius 1 is 1.20 bits per heavy atom. The fourth-order valence-corrected chi connectivity index (χ4v) is 5.43. The number of fused-ring (bicyclic) bond motifs is 2. The van der Waals surface area contributed by atoms with Crippen LogP contribution in [0, 0.1) is 0 Å². The molecule has 0 amide bonds. The fourth-order valence-electron chi connectivity index (χ4n) is 4.39. The lowest BCUT2D eigenvalue weighted by Crippen LogP contribution is -2.40. The molecule has 2 aromatic heterocycles. The van der Waals surface area contributed by atoms with Crippen molar-refractivity contribution in [2.75, 3.05) is 13.7 Å². The number of esters is 1. The molecule has 0 bridgehead atoms. The van der Waals surface area contributed by atoms with Crippen molar-refractivity contribution in [1.82, 2.24) is 9.55 Å². The van der Waals surface area contributed by atoms with Gasteiger partial charge < -0.3 is 14.5 Å². The topological polar surface area (TPSA) is 85.7 Å². The first-order valence-corrected chi connectivity index (χ1v) is 12.2. The number of hydrogen-bond acceptors (Lipinski definition) is 6. The number of para-hydroxylation sites is 2. The molecule has 1 aliphatic heterocycles. The van der Waals surface area contributed by atoms with Crippen LogP contribution in [0.25, 0.3) is 17.0 Å². The average molecular weight is 488 g/mol. The predicted molar refractivity (Wildman–Crippen MR) is 136 cm³/mol. The molecular weight excluding hydrogens is 462 g/mol. The average Bonchev–Trinajstić information content (AvgIpc) is 3.42.